The number of halogens is 1. The van der Waals surface area contributed by atoms with Crippen molar-refractivity contribution in [3.8, 4) is 0 Å². The molecule has 1 rings (SSSR count). The maximum Gasteiger partial charge on any atom is 0.0267 e. The van der Waals surface area contributed by atoms with Gasteiger partial charge in [-0.3, -0.25) is 4.98 Å². The second-order valence-corrected chi connectivity index (χ2v) is 1.02. The van der Waals surface area contributed by atoms with E-state index in [1.807, 2.05) is 18.2 Å². The standard InChI is InChI=1S/C5H5N.ClHS/c1-2-4-6-5-3-1;1-2/h1-5H;2H. The van der Waals surface area contributed by atoms with Crippen molar-refractivity contribution >= 4 is 22.5 Å². The molecule has 1 nitrogen and oxygen atoms in total. The molecule has 0 fully saturated rings. The van der Waals surface area contributed by atoms with Gasteiger partial charge in [-0.05, 0) is 22.8 Å². The Morgan fingerprint density at radius 3 is 1.62 bits per heavy atom. The van der Waals surface area contributed by atoms with Crippen LogP contribution in [0.1, 0.15) is 0 Å². The molecule has 0 radical (unpaired) electrons. The Balaban J connectivity index is 0.000000222. The summed E-state index contributed by atoms with van der Waals surface area (Å²) in [4.78, 5) is 3.78. The zero-order chi connectivity index (χ0) is 6.24. The van der Waals surface area contributed by atoms with E-state index in [0.29, 0.717) is 0 Å². The fraction of sp³-hybridized carbons (Fsp3) is 0. The summed E-state index contributed by atoms with van der Waals surface area (Å²) in [7, 11) is 4.33. The molecule has 0 N–H and O–H groups in total. The maximum absolute atomic E-state index is 4.33. The van der Waals surface area contributed by atoms with Crippen LogP contribution in [0, 0.1) is 0 Å². The first kappa shape index (κ1) is 7.79. The lowest BCUT2D eigenvalue weighted by atomic mass is 10.5. The Kier molecular flexibility index (Phi) is 6.61. The molecule has 0 atom stereocenters. The van der Waals surface area contributed by atoms with Crippen LogP contribution < -0.4 is 0 Å². The van der Waals surface area contributed by atoms with Crippen molar-refractivity contribution in [2.24, 2.45) is 0 Å². The summed E-state index contributed by atoms with van der Waals surface area (Å²) >= 11 is 3.00. The van der Waals surface area contributed by atoms with Crippen molar-refractivity contribution < 1.29 is 0 Å². The number of hydrogen-bond donors (Lipinski definition) is 1. The lowest BCUT2D eigenvalue weighted by Crippen LogP contribution is -1.58. The first-order chi connectivity index (χ1) is 4.00. The van der Waals surface area contributed by atoms with E-state index in [1.54, 1.807) is 12.4 Å². The minimum atomic E-state index is 1.75. The molecule has 0 aromatic carbocycles. The third-order valence-electron chi connectivity index (χ3n) is 0.566. The van der Waals surface area contributed by atoms with Gasteiger partial charge in [-0.2, -0.15) is 0 Å². The van der Waals surface area contributed by atoms with Gasteiger partial charge in [0.25, 0.3) is 0 Å². The first-order valence-electron chi connectivity index (χ1n) is 2.02. The molecule has 0 aliphatic heterocycles. The molecule has 3 heteroatoms. The predicted molar refractivity (Wildman–Crippen MR) is 39.1 cm³/mol. The van der Waals surface area contributed by atoms with Crippen LogP contribution in [0.3, 0.4) is 0 Å². The van der Waals surface area contributed by atoms with Crippen LogP contribution in [0.25, 0.3) is 0 Å². The summed E-state index contributed by atoms with van der Waals surface area (Å²) in [5, 5.41) is 0. The van der Waals surface area contributed by atoms with Crippen molar-refractivity contribution in [1.82, 2.24) is 4.98 Å². The van der Waals surface area contributed by atoms with Gasteiger partial charge in [0.1, 0.15) is 0 Å². The number of aromatic nitrogens is 1. The van der Waals surface area contributed by atoms with Crippen LogP contribution in [0.2, 0.25) is 0 Å². The fourth-order valence-corrected chi connectivity index (χ4v) is 0.313. The van der Waals surface area contributed by atoms with Crippen LogP contribution in [0.4, 0.5) is 0 Å². The molecule has 1 aromatic heterocycles. The molecular weight excluding hydrogens is 142 g/mol. The fourth-order valence-electron chi connectivity index (χ4n) is 0.313. The van der Waals surface area contributed by atoms with Crippen LogP contribution in [-0.4, -0.2) is 4.98 Å². The highest BCUT2D eigenvalue weighted by Gasteiger charge is 1.58. The molecule has 0 unspecified atom stereocenters. The normalized spacial score (nSPS) is 6.75. The van der Waals surface area contributed by atoms with E-state index in [-0.39, 0.29) is 0 Å². The lowest BCUT2D eigenvalue weighted by Gasteiger charge is -1.70. The molecule has 0 aliphatic rings. The average Bonchev–Trinajstić information content (AvgIpc) is 1.96. The van der Waals surface area contributed by atoms with Gasteiger partial charge in [0.05, 0.1) is 0 Å². The molecule has 0 saturated heterocycles. The zero-order valence-electron chi connectivity index (χ0n) is 4.16. The molecule has 1 heterocycles. The van der Waals surface area contributed by atoms with Gasteiger partial charge in [-0.25, -0.2) is 0 Å². The molecule has 8 heavy (non-hydrogen) atoms. The Morgan fingerprint density at radius 2 is 1.50 bits per heavy atom. The minimum absolute atomic E-state index is 1.75. The molecule has 0 saturated carbocycles. The number of rotatable bonds is 0. The van der Waals surface area contributed by atoms with Crippen molar-refractivity contribution in [2.75, 3.05) is 0 Å². The van der Waals surface area contributed by atoms with E-state index in [9.17, 15) is 0 Å². The van der Waals surface area contributed by atoms with Gasteiger partial charge in [0, 0.05) is 12.4 Å². The van der Waals surface area contributed by atoms with E-state index < -0.39 is 0 Å². The molecular formula is C5H6ClNS. The Bertz CT molecular complexity index is 84.4. The van der Waals surface area contributed by atoms with E-state index in [4.69, 9.17) is 0 Å². The molecule has 44 valence electrons. The first-order valence-corrected chi connectivity index (χ1v) is 3.37. The molecule has 0 aliphatic carbocycles. The molecule has 1 aromatic rings. The Hall–Kier alpha value is -0.210. The predicted octanol–water partition coefficient (Wildman–Crippen LogP) is 2.15. The number of thiol groups is 1. The van der Waals surface area contributed by atoms with Crippen molar-refractivity contribution in [3.63, 3.8) is 0 Å². The summed E-state index contributed by atoms with van der Waals surface area (Å²) in [6, 6.07) is 5.72. The highest BCUT2D eigenvalue weighted by molar-refractivity contribution is 8.05. The van der Waals surface area contributed by atoms with Crippen LogP contribution >= 0.6 is 22.5 Å². The number of hydrogen-bond acceptors (Lipinski definition) is 2. The van der Waals surface area contributed by atoms with Gasteiger partial charge in [-0.15, -0.1) is 0 Å². The van der Waals surface area contributed by atoms with E-state index in [1.165, 1.54) is 0 Å². The van der Waals surface area contributed by atoms with Crippen molar-refractivity contribution in [2.45, 2.75) is 0 Å². The highest BCUT2D eigenvalue weighted by atomic mass is 35.7. The Morgan fingerprint density at radius 1 is 1.00 bits per heavy atom. The summed E-state index contributed by atoms with van der Waals surface area (Å²) in [5.74, 6) is 0. The van der Waals surface area contributed by atoms with Crippen molar-refractivity contribution in [3.05, 3.63) is 30.6 Å². The van der Waals surface area contributed by atoms with E-state index >= 15 is 0 Å². The quantitative estimate of drug-likeness (QED) is 0.555. The number of nitrogens with zero attached hydrogens (tertiary/aromatic N) is 1. The molecule has 0 spiro atoms. The topological polar surface area (TPSA) is 12.9 Å². The summed E-state index contributed by atoms with van der Waals surface area (Å²) in [5.41, 5.74) is 0. The Labute approximate surface area is 58.6 Å². The van der Waals surface area contributed by atoms with Gasteiger partial charge < -0.3 is 0 Å². The SMILES string of the molecule is SCl.c1ccncc1. The van der Waals surface area contributed by atoms with Gasteiger partial charge in [0.2, 0.25) is 0 Å². The third-order valence-corrected chi connectivity index (χ3v) is 0.566. The average molecular weight is 148 g/mol. The lowest BCUT2D eigenvalue weighted by molar-refractivity contribution is 1.33. The summed E-state index contributed by atoms with van der Waals surface area (Å²) in [6.45, 7) is 0. The molecule has 0 bridgehead atoms. The second-order valence-electron chi connectivity index (χ2n) is 1.02. The van der Waals surface area contributed by atoms with Gasteiger partial charge in [-0.1, -0.05) is 17.9 Å². The summed E-state index contributed by atoms with van der Waals surface area (Å²) < 4.78 is 0. The molecule has 0 amide bonds. The van der Waals surface area contributed by atoms with Gasteiger partial charge >= 0.3 is 0 Å². The van der Waals surface area contributed by atoms with Crippen molar-refractivity contribution in [1.29, 1.82) is 0 Å². The maximum atomic E-state index is 4.33. The largest absolute Gasteiger partial charge is 0.265 e. The second kappa shape index (κ2) is 6.79. The van der Waals surface area contributed by atoms with E-state index in [0.717, 1.165) is 0 Å². The van der Waals surface area contributed by atoms with Gasteiger partial charge in [0.15, 0.2) is 0 Å². The minimum Gasteiger partial charge on any atom is -0.265 e. The number of pyridine rings is 1. The van der Waals surface area contributed by atoms with E-state index in [2.05, 4.69) is 27.5 Å². The van der Waals surface area contributed by atoms with Crippen LogP contribution in [0.15, 0.2) is 30.6 Å². The van der Waals surface area contributed by atoms with Crippen LogP contribution in [-0.2, 0) is 0 Å². The zero-order valence-corrected chi connectivity index (χ0v) is 5.81. The third kappa shape index (κ3) is 3.96. The smallest absolute Gasteiger partial charge is 0.0267 e. The van der Waals surface area contributed by atoms with Crippen LogP contribution in [0.5, 0.6) is 0 Å². The monoisotopic (exact) mass is 147 g/mol. The highest BCUT2D eigenvalue weighted by Crippen LogP contribution is 1.73. The summed E-state index contributed by atoms with van der Waals surface area (Å²) in [6.07, 6.45) is 3.50.